The fraction of sp³-hybridized carbons (Fsp3) is 0.462. The molecule has 180 valence electrons. The minimum absolute atomic E-state index is 0.120. The zero-order valence-corrected chi connectivity index (χ0v) is 19.0. The molecule has 4 rings (SSSR count). The van der Waals surface area contributed by atoms with Crippen molar-refractivity contribution in [3.63, 3.8) is 0 Å². The molecular weight excluding hydrogens is 445 g/mol. The minimum atomic E-state index is -4.47. The third kappa shape index (κ3) is 5.20. The van der Waals surface area contributed by atoms with Crippen molar-refractivity contribution in [2.24, 2.45) is 5.92 Å². The Hall–Kier alpha value is -3.05. The number of likely N-dealkylation sites (tertiary alicyclic amines) is 1. The highest BCUT2D eigenvalue weighted by atomic mass is 19.4. The summed E-state index contributed by atoms with van der Waals surface area (Å²) in [5.41, 5.74) is 1.30. The molecule has 2 aliphatic rings. The van der Waals surface area contributed by atoms with Gasteiger partial charge in [0, 0.05) is 19.6 Å². The molecule has 1 saturated heterocycles. The first kappa shape index (κ1) is 24.1. The molecule has 1 unspecified atom stereocenters. The highest BCUT2D eigenvalue weighted by Gasteiger charge is 2.40. The van der Waals surface area contributed by atoms with Crippen LogP contribution >= 0.6 is 0 Å². The predicted octanol–water partition coefficient (Wildman–Crippen LogP) is 5.20. The van der Waals surface area contributed by atoms with E-state index in [-0.39, 0.29) is 23.3 Å². The van der Waals surface area contributed by atoms with E-state index >= 15 is 0 Å². The first-order chi connectivity index (χ1) is 16.1. The van der Waals surface area contributed by atoms with E-state index in [1.54, 1.807) is 6.92 Å². The zero-order valence-electron chi connectivity index (χ0n) is 19.0. The normalized spacial score (nSPS) is 18.6. The van der Waals surface area contributed by atoms with E-state index in [0.29, 0.717) is 32.4 Å². The van der Waals surface area contributed by atoms with E-state index in [1.165, 1.54) is 12.1 Å². The Kier molecular flexibility index (Phi) is 6.59. The van der Waals surface area contributed by atoms with Gasteiger partial charge in [-0.3, -0.25) is 9.69 Å². The number of aryl methyl sites for hydroxylation is 1. The van der Waals surface area contributed by atoms with Gasteiger partial charge in [-0.05, 0) is 73.1 Å². The number of hydrogen-bond acceptors (Lipinski definition) is 4. The van der Waals surface area contributed by atoms with Gasteiger partial charge in [-0.25, -0.2) is 0 Å². The van der Waals surface area contributed by atoms with Crippen LogP contribution in [0.1, 0.15) is 54.0 Å². The Labute approximate surface area is 196 Å². The second-order valence-corrected chi connectivity index (χ2v) is 9.43. The van der Waals surface area contributed by atoms with Crippen LogP contribution in [0.25, 0.3) is 0 Å². The largest absolute Gasteiger partial charge is 0.487 e. The second kappa shape index (κ2) is 9.30. The van der Waals surface area contributed by atoms with Crippen LogP contribution in [0.3, 0.4) is 0 Å². The summed E-state index contributed by atoms with van der Waals surface area (Å²) in [7, 11) is 0. The molecule has 0 aromatic heterocycles. The Bertz CT molecular complexity index is 1120. The monoisotopic (exact) mass is 472 g/mol. The van der Waals surface area contributed by atoms with E-state index in [2.05, 4.69) is 0 Å². The lowest BCUT2D eigenvalue weighted by Gasteiger charge is -2.45. The summed E-state index contributed by atoms with van der Waals surface area (Å²) in [6.07, 6.45) is -0.950. The Morgan fingerprint density at radius 2 is 1.94 bits per heavy atom. The lowest BCUT2D eigenvalue weighted by atomic mass is 9.82. The van der Waals surface area contributed by atoms with Gasteiger partial charge >= 0.3 is 12.1 Å². The van der Waals surface area contributed by atoms with Crippen LogP contribution in [-0.4, -0.2) is 34.7 Å². The molecule has 1 N–H and O–H groups in total. The van der Waals surface area contributed by atoms with Crippen molar-refractivity contribution in [3.05, 3.63) is 64.2 Å². The lowest BCUT2D eigenvalue weighted by Crippen LogP contribution is -2.49. The Balaban J connectivity index is 1.44. The quantitative estimate of drug-likeness (QED) is 0.648. The van der Waals surface area contributed by atoms with E-state index < -0.39 is 23.6 Å². The maximum Gasteiger partial charge on any atom is 0.416 e. The van der Waals surface area contributed by atoms with Crippen LogP contribution in [0.5, 0.6) is 5.75 Å². The molecule has 2 aromatic rings. The number of alkyl halides is 3. The number of nitrogens with zero attached hydrogens (tertiary/aromatic N) is 2. The lowest BCUT2D eigenvalue weighted by molar-refractivity contribution is -0.141. The molecule has 0 radical (unpaired) electrons. The summed E-state index contributed by atoms with van der Waals surface area (Å²) in [6, 6.07) is 11.3. The molecule has 5 nitrogen and oxygen atoms in total. The fourth-order valence-corrected chi connectivity index (χ4v) is 4.90. The van der Waals surface area contributed by atoms with Gasteiger partial charge < -0.3 is 9.84 Å². The highest BCUT2D eigenvalue weighted by Crippen LogP contribution is 2.41. The van der Waals surface area contributed by atoms with E-state index in [0.717, 1.165) is 35.8 Å². The molecule has 0 aliphatic carbocycles. The minimum Gasteiger partial charge on any atom is -0.487 e. The van der Waals surface area contributed by atoms with Crippen molar-refractivity contribution in [2.45, 2.75) is 57.3 Å². The zero-order chi connectivity index (χ0) is 24.5. The van der Waals surface area contributed by atoms with Crippen LogP contribution in [0.4, 0.5) is 13.2 Å². The number of nitriles is 1. The number of carbonyl (C=O) groups is 1. The molecule has 2 aliphatic heterocycles. The summed E-state index contributed by atoms with van der Waals surface area (Å²) < 4.78 is 46.9. The fourth-order valence-electron chi connectivity index (χ4n) is 4.90. The summed E-state index contributed by atoms with van der Waals surface area (Å²) >= 11 is 0. The van der Waals surface area contributed by atoms with E-state index in [4.69, 9.17) is 10.00 Å². The maximum atomic E-state index is 13.5. The molecule has 0 bridgehead atoms. The molecule has 1 fully saturated rings. The average molecular weight is 473 g/mol. The first-order valence-electron chi connectivity index (χ1n) is 11.4. The number of carboxylic acids is 1. The van der Waals surface area contributed by atoms with Crippen molar-refractivity contribution >= 4 is 5.97 Å². The molecule has 2 heterocycles. The number of benzene rings is 2. The number of halogens is 3. The summed E-state index contributed by atoms with van der Waals surface area (Å²) in [4.78, 5) is 13.2. The Morgan fingerprint density at radius 1 is 1.21 bits per heavy atom. The topological polar surface area (TPSA) is 73.6 Å². The van der Waals surface area contributed by atoms with Crippen LogP contribution in [0.15, 0.2) is 36.4 Å². The van der Waals surface area contributed by atoms with Gasteiger partial charge in [-0.2, -0.15) is 18.4 Å². The van der Waals surface area contributed by atoms with Crippen molar-refractivity contribution < 1.29 is 27.8 Å². The van der Waals surface area contributed by atoms with Gasteiger partial charge in [-0.1, -0.05) is 19.1 Å². The number of ether oxygens (including phenoxy) is 1. The molecule has 8 heteroatoms. The van der Waals surface area contributed by atoms with Crippen LogP contribution in [0, 0.1) is 17.2 Å². The summed E-state index contributed by atoms with van der Waals surface area (Å²) in [5, 5.41) is 18.3. The van der Waals surface area contributed by atoms with Crippen LogP contribution in [-0.2, 0) is 30.4 Å². The molecule has 0 saturated carbocycles. The maximum absolute atomic E-state index is 13.5. The van der Waals surface area contributed by atoms with Gasteiger partial charge in [-0.15, -0.1) is 0 Å². The molecule has 34 heavy (non-hydrogen) atoms. The Morgan fingerprint density at radius 3 is 2.59 bits per heavy atom. The molecule has 0 amide bonds. The number of hydrogen-bond donors (Lipinski definition) is 1. The van der Waals surface area contributed by atoms with Crippen molar-refractivity contribution in [1.29, 1.82) is 5.26 Å². The van der Waals surface area contributed by atoms with Gasteiger partial charge in [0.2, 0.25) is 0 Å². The number of rotatable bonds is 5. The van der Waals surface area contributed by atoms with E-state index in [9.17, 15) is 23.1 Å². The molecular formula is C26H27F3N2O3. The van der Waals surface area contributed by atoms with Crippen molar-refractivity contribution in [2.75, 3.05) is 13.1 Å². The van der Waals surface area contributed by atoms with Gasteiger partial charge in [0.15, 0.2) is 0 Å². The van der Waals surface area contributed by atoms with Gasteiger partial charge in [0.1, 0.15) is 11.4 Å². The standard InChI is InChI=1S/C26H27F3N2O3/c1-17(24(32)33)12-18-2-4-20-6-7-25(34-23(20)14-18)8-10-31(11-9-25)16-21-13-19(15-30)3-5-22(21)26(27,28)29/h2-5,13-14,17H,6-12,16H2,1H3,(H,32,33). The van der Waals surface area contributed by atoms with Crippen LogP contribution < -0.4 is 4.74 Å². The predicted molar refractivity (Wildman–Crippen MR) is 119 cm³/mol. The number of carboxylic acid groups (broad SMARTS) is 1. The third-order valence-electron chi connectivity index (χ3n) is 6.97. The number of fused-ring (bicyclic) bond motifs is 1. The molecule has 1 atom stereocenters. The SMILES string of the molecule is CC(Cc1ccc2c(c1)OC1(CC2)CCN(Cc2cc(C#N)ccc2C(F)(F)F)CC1)C(=O)O. The molecule has 2 aromatic carbocycles. The smallest absolute Gasteiger partial charge is 0.416 e. The second-order valence-electron chi connectivity index (χ2n) is 9.43. The van der Waals surface area contributed by atoms with E-state index in [1.807, 2.05) is 29.2 Å². The third-order valence-corrected chi connectivity index (χ3v) is 6.97. The average Bonchev–Trinajstić information content (AvgIpc) is 2.79. The van der Waals surface area contributed by atoms with Gasteiger partial charge in [0.25, 0.3) is 0 Å². The number of aliphatic carboxylic acids is 1. The van der Waals surface area contributed by atoms with Crippen LogP contribution in [0.2, 0.25) is 0 Å². The van der Waals surface area contributed by atoms with Gasteiger partial charge in [0.05, 0.1) is 23.1 Å². The van der Waals surface area contributed by atoms with Crippen molar-refractivity contribution in [3.8, 4) is 11.8 Å². The highest BCUT2D eigenvalue weighted by molar-refractivity contribution is 5.70. The number of piperidine rings is 1. The summed E-state index contributed by atoms with van der Waals surface area (Å²) in [5.74, 6) is -0.535. The first-order valence-corrected chi connectivity index (χ1v) is 11.4. The molecule has 1 spiro atoms. The van der Waals surface area contributed by atoms with Crippen molar-refractivity contribution in [1.82, 2.24) is 4.90 Å². The summed E-state index contributed by atoms with van der Waals surface area (Å²) in [6.45, 7) is 3.00.